The molecule has 6 aliphatic rings. The molecule has 0 radical (unpaired) electrons. The minimum absolute atomic E-state index is 0.00744. The Balaban J connectivity index is 1.28. The maximum atomic E-state index is 13.6. The molecule has 0 aromatic carbocycles. The predicted molar refractivity (Wildman–Crippen MR) is 180 cm³/mol. The molecular weight excluding hydrogens is 592 g/mol. The van der Waals surface area contributed by atoms with Crippen molar-refractivity contribution in [3.05, 3.63) is 11.1 Å². The summed E-state index contributed by atoms with van der Waals surface area (Å²) in [7, 11) is 1.49. The van der Waals surface area contributed by atoms with Crippen LogP contribution in [-0.2, 0) is 33.3 Å². The lowest BCUT2D eigenvalue weighted by atomic mass is 9.33. The third kappa shape index (κ3) is 4.96. The molecule has 12 atom stereocenters. The van der Waals surface area contributed by atoms with E-state index in [-0.39, 0.29) is 88.2 Å². The average Bonchev–Trinajstić information content (AvgIpc) is 3.30. The number of rotatable bonds is 5. The molecule has 1 saturated heterocycles. The zero-order valence-corrected chi connectivity index (χ0v) is 31.1. The molecule has 0 spiro atoms. The van der Waals surface area contributed by atoms with E-state index in [2.05, 4.69) is 62.3 Å². The summed E-state index contributed by atoms with van der Waals surface area (Å²) in [6, 6.07) is 0. The standard InChI is InChI=1S/C40H62O7/c1-22(2)33-27(42)21-40(35(43)44-11)19-18-38(9)26(34(33)40)12-13-30-37(8)16-15-31(36(6,7)29(37)14-17-39(30,38)10)47-32-20-28(46-25(5)41)23(3)24(4)45-32/h22-24,26,28-32H,12-21H2,1-11H3. The Hall–Kier alpha value is -1.73. The number of carbonyl (C=O) groups excluding carboxylic acids is 3. The molecule has 6 rings (SSSR count). The van der Waals surface area contributed by atoms with Gasteiger partial charge in [-0.1, -0.05) is 55.4 Å². The molecule has 1 heterocycles. The summed E-state index contributed by atoms with van der Waals surface area (Å²) < 4.78 is 24.4. The van der Waals surface area contributed by atoms with E-state index in [1.165, 1.54) is 14.0 Å². The lowest BCUT2D eigenvalue weighted by Crippen LogP contribution is -2.66. The predicted octanol–water partition coefficient (Wildman–Crippen LogP) is 8.23. The highest BCUT2D eigenvalue weighted by molar-refractivity contribution is 6.05. The molecule has 1 aliphatic heterocycles. The monoisotopic (exact) mass is 654 g/mol. The fraction of sp³-hybridized carbons (Fsp3) is 0.875. The first kappa shape index (κ1) is 35.1. The molecular formula is C40H62O7. The van der Waals surface area contributed by atoms with Gasteiger partial charge in [-0.2, -0.15) is 0 Å². The van der Waals surface area contributed by atoms with E-state index in [9.17, 15) is 14.4 Å². The summed E-state index contributed by atoms with van der Waals surface area (Å²) in [6.07, 6.45) is 8.51. The Morgan fingerprint density at radius 1 is 0.894 bits per heavy atom. The van der Waals surface area contributed by atoms with Gasteiger partial charge in [0.05, 0.1) is 24.7 Å². The Morgan fingerprint density at radius 2 is 1.60 bits per heavy atom. The van der Waals surface area contributed by atoms with Gasteiger partial charge in [-0.25, -0.2) is 0 Å². The van der Waals surface area contributed by atoms with Crippen molar-refractivity contribution in [1.29, 1.82) is 0 Å². The highest BCUT2D eigenvalue weighted by Gasteiger charge is 2.71. The quantitative estimate of drug-likeness (QED) is 0.218. The number of carbonyl (C=O) groups is 3. The maximum absolute atomic E-state index is 13.6. The van der Waals surface area contributed by atoms with E-state index >= 15 is 0 Å². The summed E-state index contributed by atoms with van der Waals surface area (Å²) in [5.41, 5.74) is 1.54. The van der Waals surface area contributed by atoms with Crippen molar-refractivity contribution in [2.24, 2.45) is 56.7 Å². The van der Waals surface area contributed by atoms with Gasteiger partial charge < -0.3 is 18.9 Å². The van der Waals surface area contributed by atoms with Crippen LogP contribution in [0.3, 0.4) is 0 Å². The molecule has 4 saturated carbocycles. The van der Waals surface area contributed by atoms with E-state index < -0.39 is 5.41 Å². The second-order valence-corrected chi connectivity index (χ2v) is 18.3. The lowest BCUT2D eigenvalue weighted by Gasteiger charge is -2.72. The third-order valence-corrected chi connectivity index (χ3v) is 15.7. The van der Waals surface area contributed by atoms with Crippen LogP contribution in [0.2, 0.25) is 0 Å². The number of ketones is 1. The number of methoxy groups -OCH3 is 1. The van der Waals surface area contributed by atoms with Gasteiger partial charge in [0.15, 0.2) is 12.1 Å². The van der Waals surface area contributed by atoms with Gasteiger partial charge in [0.1, 0.15) is 6.10 Å². The smallest absolute Gasteiger partial charge is 0.316 e. The second kappa shape index (κ2) is 11.7. The summed E-state index contributed by atoms with van der Waals surface area (Å²) >= 11 is 0. The lowest BCUT2D eigenvalue weighted by molar-refractivity contribution is -0.289. The largest absolute Gasteiger partial charge is 0.468 e. The van der Waals surface area contributed by atoms with Crippen molar-refractivity contribution in [3.8, 4) is 0 Å². The first-order valence-corrected chi connectivity index (χ1v) is 18.7. The Kier molecular flexibility index (Phi) is 8.72. The molecule has 0 N–H and O–H groups in total. The van der Waals surface area contributed by atoms with Crippen LogP contribution in [0, 0.1) is 56.7 Å². The van der Waals surface area contributed by atoms with Crippen molar-refractivity contribution in [2.45, 2.75) is 158 Å². The van der Waals surface area contributed by atoms with Crippen LogP contribution in [0.4, 0.5) is 0 Å². The van der Waals surface area contributed by atoms with Crippen LogP contribution < -0.4 is 0 Å². The summed E-state index contributed by atoms with van der Waals surface area (Å²) in [4.78, 5) is 39.0. The number of ether oxygens (including phenoxy) is 4. The number of allylic oxidation sites excluding steroid dienone is 1. The van der Waals surface area contributed by atoms with Gasteiger partial charge in [-0.15, -0.1) is 0 Å². The normalized spacial score (nSPS) is 47.4. The van der Waals surface area contributed by atoms with Gasteiger partial charge in [-0.3, -0.25) is 14.4 Å². The molecule has 12 unspecified atom stereocenters. The molecule has 7 heteroatoms. The molecule has 47 heavy (non-hydrogen) atoms. The van der Waals surface area contributed by atoms with E-state index in [0.29, 0.717) is 24.7 Å². The van der Waals surface area contributed by atoms with Crippen molar-refractivity contribution >= 4 is 17.7 Å². The van der Waals surface area contributed by atoms with Crippen molar-refractivity contribution in [3.63, 3.8) is 0 Å². The molecule has 0 aromatic heterocycles. The van der Waals surface area contributed by atoms with Crippen molar-refractivity contribution in [2.75, 3.05) is 7.11 Å². The van der Waals surface area contributed by atoms with Gasteiger partial charge >= 0.3 is 11.9 Å². The molecule has 5 fully saturated rings. The van der Waals surface area contributed by atoms with Gasteiger partial charge in [0.25, 0.3) is 0 Å². The topological polar surface area (TPSA) is 88.1 Å². The van der Waals surface area contributed by atoms with Gasteiger partial charge in [0.2, 0.25) is 0 Å². The minimum Gasteiger partial charge on any atom is -0.468 e. The molecule has 7 nitrogen and oxygen atoms in total. The number of fused-ring (bicyclic) bond motifs is 7. The minimum atomic E-state index is -0.776. The summed E-state index contributed by atoms with van der Waals surface area (Å²) in [6.45, 7) is 22.4. The first-order valence-electron chi connectivity index (χ1n) is 18.7. The summed E-state index contributed by atoms with van der Waals surface area (Å²) in [5, 5.41) is 0. The molecule has 0 aromatic rings. The van der Waals surface area contributed by atoms with Crippen LogP contribution in [0.1, 0.15) is 133 Å². The van der Waals surface area contributed by atoms with E-state index in [1.807, 2.05) is 0 Å². The van der Waals surface area contributed by atoms with Gasteiger partial charge in [-0.05, 0) is 115 Å². The number of Topliss-reactive ketones (excluding diaryl/α,β-unsaturated/α-hetero) is 1. The van der Waals surface area contributed by atoms with E-state index in [0.717, 1.165) is 56.1 Å². The van der Waals surface area contributed by atoms with Crippen LogP contribution >= 0.6 is 0 Å². The van der Waals surface area contributed by atoms with Crippen LogP contribution in [-0.4, -0.2) is 49.4 Å². The highest BCUT2D eigenvalue weighted by atomic mass is 16.7. The third-order valence-electron chi connectivity index (χ3n) is 15.7. The van der Waals surface area contributed by atoms with Crippen LogP contribution in [0.15, 0.2) is 11.1 Å². The van der Waals surface area contributed by atoms with Gasteiger partial charge in [0, 0.05) is 25.7 Å². The molecule has 5 aliphatic carbocycles. The maximum Gasteiger partial charge on any atom is 0.316 e. The van der Waals surface area contributed by atoms with Crippen LogP contribution in [0.25, 0.3) is 0 Å². The Morgan fingerprint density at radius 3 is 2.23 bits per heavy atom. The SMILES string of the molecule is COC(=O)C12CCC3(C)C(CCC4C5(C)CCC(OC6CC(OC(C)=O)C(C)C(C)O6)C(C)(C)C5CCC43C)C1=C(C(C)C)C(=O)C2. The fourth-order valence-electron chi connectivity index (χ4n) is 13.0. The summed E-state index contributed by atoms with van der Waals surface area (Å²) in [5.74, 6) is 1.23. The zero-order valence-electron chi connectivity index (χ0n) is 31.1. The number of hydrogen-bond acceptors (Lipinski definition) is 7. The molecule has 0 amide bonds. The van der Waals surface area contributed by atoms with Crippen molar-refractivity contribution < 1.29 is 33.3 Å². The number of esters is 2. The molecule has 264 valence electrons. The van der Waals surface area contributed by atoms with E-state index in [4.69, 9.17) is 18.9 Å². The number of hydrogen-bond donors (Lipinski definition) is 0. The highest BCUT2D eigenvalue weighted by Crippen LogP contribution is 2.76. The Labute approximate surface area is 283 Å². The van der Waals surface area contributed by atoms with E-state index in [1.54, 1.807) is 0 Å². The molecule has 0 bridgehead atoms. The first-order chi connectivity index (χ1) is 21.9. The fourth-order valence-corrected chi connectivity index (χ4v) is 13.0. The van der Waals surface area contributed by atoms with Crippen LogP contribution in [0.5, 0.6) is 0 Å². The second-order valence-electron chi connectivity index (χ2n) is 18.3. The zero-order chi connectivity index (χ0) is 34.5. The Bertz CT molecular complexity index is 1330. The van der Waals surface area contributed by atoms with Crippen molar-refractivity contribution in [1.82, 2.24) is 0 Å². The average molecular weight is 655 g/mol.